The minimum absolute atomic E-state index is 0.00478. The van der Waals surface area contributed by atoms with Crippen molar-refractivity contribution in [3.63, 3.8) is 0 Å². The summed E-state index contributed by atoms with van der Waals surface area (Å²) in [5.74, 6) is -0.993. The third-order valence-electron chi connectivity index (χ3n) is 4.17. The monoisotopic (exact) mass is 319 g/mol. The molecule has 1 fully saturated rings. The number of carboxylic acids is 1. The van der Waals surface area contributed by atoms with E-state index < -0.39 is 5.97 Å². The van der Waals surface area contributed by atoms with Crippen molar-refractivity contribution in [3.05, 3.63) is 35.4 Å². The molecule has 1 aliphatic heterocycles. The molecular weight excluding hydrogens is 294 g/mol. The first-order chi connectivity index (χ1) is 11.1. The molecule has 1 unspecified atom stereocenters. The van der Waals surface area contributed by atoms with Gasteiger partial charge in [-0.1, -0.05) is 25.1 Å². The number of aromatic carboxylic acids is 1. The zero-order valence-corrected chi connectivity index (χ0v) is 13.7. The number of carbonyl (C=O) groups excluding carboxylic acids is 1. The Kier molecular flexibility index (Phi) is 6.59. The van der Waals surface area contributed by atoms with Crippen molar-refractivity contribution in [2.45, 2.75) is 45.1 Å². The van der Waals surface area contributed by atoms with Gasteiger partial charge in [0.1, 0.15) is 0 Å². The summed E-state index contributed by atoms with van der Waals surface area (Å²) < 4.78 is 5.79. The lowest BCUT2D eigenvalue weighted by Crippen LogP contribution is -2.33. The van der Waals surface area contributed by atoms with E-state index in [2.05, 4.69) is 6.92 Å². The average Bonchev–Trinajstić information content (AvgIpc) is 2.79. The number of hydrogen-bond donors (Lipinski definition) is 1. The number of carboxylic acid groups (broad SMARTS) is 1. The predicted octanol–water partition coefficient (Wildman–Crippen LogP) is 2.74. The van der Waals surface area contributed by atoms with Gasteiger partial charge in [-0.3, -0.25) is 4.79 Å². The average molecular weight is 319 g/mol. The van der Waals surface area contributed by atoms with Crippen molar-refractivity contribution >= 4 is 11.9 Å². The Morgan fingerprint density at radius 2 is 2.04 bits per heavy atom. The third-order valence-corrected chi connectivity index (χ3v) is 4.17. The van der Waals surface area contributed by atoms with E-state index in [0.29, 0.717) is 12.1 Å². The highest BCUT2D eigenvalue weighted by Gasteiger charge is 2.22. The maximum atomic E-state index is 12.5. The second-order valence-corrected chi connectivity index (χ2v) is 5.94. The number of rotatable bonds is 6. The van der Waals surface area contributed by atoms with Crippen molar-refractivity contribution < 1.29 is 19.4 Å². The van der Waals surface area contributed by atoms with Crippen LogP contribution in [0.5, 0.6) is 0 Å². The van der Waals surface area contributed by atoms with Gasteiger partial charge in [-0.05, 0) is 37.3 Å². The predicted molar refractivity (Wildman–Crippen MR) is 87.6 cm³/mol. The fourth-order valence-electron chi connectivity index (χ4n) is 2.92. The second kappa shape index (κ2) is 8.67. The molecule has 1 N–H and O–H groups in total. The molecule has 1 saturated heterocycles. The lowest BCUT2D eigenvalue weighted by atomic mass is 10.0. The molecule has 1 aromatic carbocycles. The minimum atomic E-state index is -0.989. The summed E-state index contributed by atoms with van der Waals surface area (Å²) in [6, 6.07) is 6.71. The van der Waals surface area contributed by atoms with Gasteiger partial charge in [0.15, 0.2) is 0 Å². The summed E-state index contributed by atoms with van der Waals surface area (Å²) >= 11 is 0. The van der Waals surface area contributed by atoms with Crippen LogP contribution in [-0.2, 0) is 16.0 Å². The lowest BCUT2D eigenvalue weighted by molar-refractivity contribution is -0.130. The maximum absolute atomic E-state index is 12.5. The van der Waals surface area contributed by atoms with Crippen molar-refractivity contribution in [1.29, 1.82) is 0 Å². The molecule has 1 aromatic rings. The van der Waals surface area contributed by atoms with Crippen LogP contribution >= 0.6 is 0 Å². The fraction of sp³-hybridized carbons (Fsp3) is 0.556. The molecular formula is C18H25NO4. The van der Waals surface area contributed by atoms with Crippen molar-refractivity contribution in [1.82, 2.24) is 4.90 Å². The Labute approximate surface area is 137 Å². The van der Waals surface area contributed by atoms with Crippen molar-refractivity contribution in [2.24, 2.45) is 0 Å². The summed E-state index contributed by atoms with van der Waals surface area (Å²) in [5.41, 5.74) is 0.785. The van der Waals surface area contributed by atoms with Crippen LogP contribution in [0.4, 0.5) is 0 Å². The largest absolute Gasteiger partial charge is 0.478 e. The Balaban J connectivity index is 1.95. The lowest BCUT2D eigenvalue weighted by Gasteiger charge is -2.21. The molecule has 5 heteroatoms. The summed E-state index contributed by atoms with van der Waals surface area (Å²) in [6.07, 6.45) is 4.15. The van der Waals surface area contributed by atoms with Gasteiger partial charge < -0.3 is 14.7 Å². The van der Waals surface area contributed by atoms with E-state index >= 15 is 0 Å². The number of carbonyl (C=O) groups is 2. The molecule has 5 nitrogen and oxygen atoms in total. The number of nitrogens with zero attached hydrogens (tertiary/aromatic N) is 1. The van der Waals surface area contributed by atoms with Gasteiger partial charge in [0.05, 0.1) is 18.1 Å². The molecule has 0 aromatic heterocycles. The van der Waals surface area contributed by atoms with Crippen LogP contribution < -0.4 is 0 Å². The van der Waals surface area contributed by atoms with Crippen LogP contribution in [0.15, 0.2) is 24.3 Å². The minimum Gasteiger partial charge on any atom is -0.478 e. The first-order valence-electron chi connectivity index (χ1n) is 8.32. The molecule has 1 heterocycles. The Hall–Kier alpha value is -1.88. The van der Waals surface area contributed by atoms with Gasteiger partial charge in [-0.15, -0.1) is 0 Å². The van der Waals surface area contributed by atoms with E-state index in [-0.39, 0.29) is 24.0 Å². The van der Waals surface area contributed by atoms with Crippen LogP contribution in [0.1, 0.15) is 48.5 Å². The number of benzene rings is 1. The van der Waals surface area contributed by atoms with E-state index in [1.165, 1.54) is 0 Å². The van der Waals surface area contributed by atoms with E-state index in [9.17, 15) is 14.7 Å². The number of likely N-dealkylation sites (tertiary alicyclic amines) is 1. The molecule has 0 radical (unpaired) electrons. The third kappa shape index (κ3) is 5.06. The van der Waals surface area contributed by atoms with E-state index in [1.54, 1.807) is 24.3 Å². The summed E-state index contributed by atoms with van der Waals surface area (Å²) in [6.45, 7) is 4.26. The van der Waals surface area contributed by atoms with Crippen LogP contribution in [-0.4, -0.2) is 47.7 Å². The van der Waals surface area contributed by atoms with Crippen LogP contribution in [0.25, 0.3) is 0 Å². The molecule has 23 heavy (non-hydrogen) atoms. The zero-order valence-electron chi connectivity index (χ0n) is 13.7. The van der Waals surface area contributed by atoms with Crippen molar-refractivity contribution in [2.75, 3.05) is 19.7 Å². The van der Waals surface area contributed by atoms with Crippen LogP contribution in [0, 0.1) is 0 Å². The Morgan fingerprint density at radius 3 is 2.78 bits per heavy atom. The number of hydrogen-bond acceptors (Lipinski definition) is 3. The van der Waals surface area contributed by atoms with E-state index in [0.717, 1.165) is 38.8 Å². The van der Waals surface area contributed by atoms with E-state index in [1.807, 2.05) is 4.90 Å². The smallest absolute Gasteiger partial charge is 0.335 e. The maximum Gasteiger partial charge on any atom is 0.335 e. The molecule has 1 atom stereocenters. The summed E-state index contributed by atoms with van der Waals surface area (Å²) in [7, 11) is 0. The van der Waals surface area contributed by atoms with Gasteiger partial charge in [-0.25, -0.2) is 4.79 Å². The van der Waals surface area contributed by atoms with Gasteiger partial charge >= 0.3 is 5.97 Å². The van der Waals surface area contributed by atoms with Crippen LogP contribution in [0.3, 0.4) is 0 Å². The highest BCUT2D eigenvalue weighted by molar-refractivity contribution is 5.91. The molecule has 0 aliphatic carbocycles. The summed E-state index contributed by atoms with van der Waals surface area (Å²) in [5, 5.41) is 9.21. The van der Waals surface area contributed by atoms with Gasteiger partial charge in [-0.2, -0.15) is 0 Å². The standard InChI is InChI=1S/C18H25NO4/c1-2-12-23-15-7-5-10-19(11-9-15)17(20)13-14-6-3-4-8-16(14)18(21)22/h3-4,6,8,15H,2,5,7,9-13H2,1H3,(H,21,22). The molecule has 126 valence electrons. The normalized spacial score (nSPS) is 18.5. The first kappa shape index (κ1) is 17.5. The Bertz CT molecular complexity index is 544. The van der Waals surface area contributed by atoms with Gasteiger partial charge in [0.2, 0.25) is 5.91 Å². The first-order valence-corrected chi connectivity index (χ1v) is 8.32. The molecule has 2 rings (SSSR count). The molecule has 1 amide bonds. The number of amides is 1. The highest BCUT2D eigenvalue weighted by atomic mass is 16.5. The molecule has 0 bridgehead atoms. The quantitative estimate of drug-likeness (QED) is 0.875. The number of ether oxygens (including phenoxy) is 1. The fourth-order valence-corrected chi connectivity index (χ4v) is 2.92. The zero-order chi connectivity index (χ0) is 16.7. The Morgan fingerprint density at radius 1 is 1.26 bits per heavy atom. The van der Waals surface area contributed by atoms with Crippen LogP contribution in [0.2, 0.25) is 0 Å². The van der Waals surface area contributed by atoms with Gasteiger partial charge in [0, 0.05) is 19.7 Å². The molecule has 0 saturated carbocycles. The molecule has 0 spiro atoms. The highest BCUT2D eigenvalue weighted by Crippen LogP contribution is 2.17. The molecule has 1 aliphatic rings. The topological polar surface area (TPSA) is 66.8 Å². The van der Waals surface area contributed by atoms with Gasteiger partial charge in [0.25, 0.3) is 0 Å². The van der Waals surface area contributed by atoms with Crippen molar-refractivity contribution in [3.8, 4) is 0 Å². The summed E-state index contributed by atoms with van der Waals surface area (Å²) in [4.78, 5) is 25.6. The SMILES string of the molecule is CCCOC1CCCN(C(=O)Cc2ccccc2C(=O)O)CC1. The second-order valence-electron chi connectivity index (χ2n) is 5.94. The van der Waals surface area contributed by atoms with E-state index in [4.69, 9.17) is 4.74 Å².